The predicted molar refractivity (Wildman–Crippen MR) is 105 cm³/mol. The van der Waals surface area contributed by atoms with E-state index < -0.39 is 5.97 Å². The van der Waals surface area contributed by atoms with Gasteiger partial charge < -0.3 is 14.2 Å². The van der Waals surface area contributed by atoms with Crippen molar-refractivity contribution in [2.75, 3.05) is 14.2 Å². The Morgan fingerprint density at radius 2 is 1.26 bits per heavy atom. The lowest BCUT2D eigenvalue weighted by atomic mass is 10.2. The summed E-state index contributed by atoms with van der Waals surface area (Å²) in [5.41, 5.74) is 2.18. The molecule has 0 aliphatic carbocycles. The maximum atomic E-state index is 12.2. The molecular weight excluding hydrogens is 342 g/mol. The number of methoxy groups -OCH3 is 2. The van der Waals surface area contributed by atoms with Crippen molar-refractivity contribution < 1.29 is 19.0 Å². The van der Waals surface area contributed by atoms with Gasteiger partial charge in [-0.3, -0.25) is 4.99 Å². The van der Waals surface area contributed by atoms with E-state index in [4.69, 9.17) is 14.2 Å². The SMILES string of the molecule is COc1ccc(N=Cc2ccc(OC(=O)c3ccc(OC)cc3)cc2)cc1. The summed E-state index contributed by atoms with van der Waals surface area (Å²) in [6, 6.07) is 21.4. The minimum absolute atomic E-state index is 0.419. The highest BCUT2D eigenvalue weighted by molar-refractivity contribution is 5.91. The van der Waals surface area contributed by atoms with Crippen molar-refractivity contribution in [3.63, 3.8) is 0 Å². The van der Waals surface area contributed by atoms with E-state index in [1.165, 1.54) is 0 Å². The number of hydrogen-bond acceptors (Lipinski definition) is 5. The molecule has 3 rings (SSSR count). The molecule has 136 valence electrons. The molecule has 0 bridgehead atoms. The van der Waals surface area contributed by atoms with Crippen LogP contribution >= 0.6 is 0 Å². The third-order valence-electron chi connectivity index (χ3n) is 3.85. The molecule has 0 fully saturated rings. The second-order valence-electron chi connectivity index (χ2n) is 5.64. The van der Waals surface area contributed by atoms with Crippen molar-refractivity contribution in [2.45, 2.75) is 0 Å². The molecule has 5 nitrogen and oxygen atoms in total. The first kappa shape index (κ1) is 18.2. The molecule has 0 spiro atoms. The first-order valence-electron chi connectivity index (χ1n) is 8.32. The van der Waals surface area contributed by atoms with E-state index in [0.29, 0.717) is 17.1 Å². The van der Waals surface area contributed by atoms with Crippen LogP contribution in [-0.4, -0.2) is 26.4 Å². The zero-order valence-electron chi connectivity index (χ0n) is 15.1. The predicted octanol–water partition coefficient (Wildman–Crippen LogP) is 4.67. The number of benzene rings is 3. The third-order valence-corrected chi connectivity index (χ3v) is 3.85. The zero-order chi connectivity index (χ0) is 19.1. The van der Waals surface area contributed by atoms with Gasteiger partial charge in [-0.15, -0.1) is 0 Å². The first-order chi connectivity index (χ1) is 13.2. The summed E-state index contributed by atoms with van der Waals surface area (Å²) in [5, 5.41) is 0. The second kappa shape index (κ2) is 8.67. The summed E-state index contributed by atoms with van der Waals surface area (Å²) in [7, 11) is 3.20. The van der Waals surface area contributed by atoms with Crippen LogP contribution in [0.3, 0.4) is 0 Å². The lowest BCUT2D eigenvalue weighted by Crippen LogP contribution is -2.08. The van der Waals surface area contributed by atoms with Crippen molar-refractivity contribution in [3.05, 3.63) is 83.9 Å². The zero-order valence-corrected chi connectivity index (χ0v) is 15.1. The molecule has 0 atom stereocenters. The first-order valence-corrected chi connectivity index (χ1v) is 8.32. The Balaban J connectivity index is 1.62. The molecule has 0 aliphatic heterocycles. The molecule has 5 heteroatoms. The van der Waals surface area contributed by atoms with Crippen LogP contribution in [0.25, 0.3) is 0 Å². The number of aliphatic imine (C=N–C) groups is 1. The van der Waals surface area contributed by atoms with Crippen LogP contribution in [0.2, 0.25) is 0 Å². The van der Waals surface area contributed by atoms with E-state index in [-0.39, 0.29) is 0 Å². The Kier molecular flexibility index (Phi) is 5.84. The smallest absolute Gasteiger partial charge is 0.343 e. The molecule has 0 aromatic heterocycles. The number of rotatable bonds is 6. The fourth-order valence-electron chi connectivity index (χ4n) is 2.33. The van der Waals surface area contributed by atoms with Crippen LogP contribution in [0.15, 0.2) is 77.8 Å². The van der Waals surface area contributed by atoms with Gasteiger partial charge in [0.25, 0.3) is 0 Å². The number of carbonyl (C=O) groups excluding carboxylic acids is 1. The van der Waals surface area contributed by atoms with Crippen LogP contribution in [0.4, 0.5) is 5.69 Å². The molecule has 27 heavy (non-hydrogen) atoms. The molecule has 0 unspecified atom stereocenters. The maximum Gasteiger partial charge on any atom is 0.343 e. The summed E-state index contributed by atoms with van der Waals surface area (Å²) in [4.78, 5) is 16.6. The monoisotopic (exact) mass is 361 g/mol. The number of carbonyl (C=O) groups is 1. The van der Waals surface area contributed by atoms with E-state index in [1.807, 2.05) is 36.4 Å². The van der Waals surface area contributed by atoms with Gasteiger partial charge in [0.05, 0.1) is 25.5 Å². The van der Waals surface area contributed by atoms with Gasteiger partial charge in [0, 0.05) is 6.21 Å². The van der Waals surface area contributed by atoms with Crippen molar-refractivity contribution in [1.82, 2.24) is 0 Å². The van der Waals surface area contributed by atoms with Gasteiger partial charge >= 0.3 is 5.97 Å². The topological polar surface area (TPSA) is 57.1 Å². The highest BCUT2D eigenvalue weighted by atomic mass is 16.5. The number of nitrogens with zero attached hydrogens (tertiary/aromatic N) is 1. The highest BCUT2D eigenvalue weighted by Crippen LogP contribution is 2.19. The average molecular weight is 361 g/mol. The molecule has 0 saturated carbocycles. The number of hydrogen-bond donors (Lipinski definition) is 0. The van der Waals surface area contributed by atoms with Crippen LogP contribution < -0.4 is 14.2 Å². The van der Waals surface area contributed by atoms with E-state index in [2.05, 4.69) is 4.99 Å². The summed E-state index contributed by atoms with van der Waals surface area (Å²) < 4.78 is 15.6. The van der Waals surface area contributed by atoms with Crippen LogP contribution in [0.1, 0.15) is 15.9 Å². The second-order valence-corrected chi connectivity index (χ2v) is 5.64. The molecule has 0 N–H and O–H groups in total. The quantitative estimate of drug-likeness (QED) is 0.364. The molecule has 3 aromatic carbocycles. The van der Waals surface area contributed by atoms with Crippen molar-refractivity contribution >= 4 is 17.9 Å². The average Bonchev–Trinajstić information content (AvgIpc) is 2.73. The fourth-order valence-corrected chi connectivity index (χ4v) is 2.33. The van der Waals surface area contributed by atoms with Gasteiger partial charge in [0.15, 0.2) is 0 Å². The Hall–Kier alpha value is -3.60. The van der Waals surface area contributed by atoms with Gasteiger partial charge in [-0.25, -0.2) is 4.79 Å². The number of esters is 1. The van der Waals surface area contributed by atoms with Crippen LogP contribution in [-0.2, 0) is 0 Å². The van der Waals surface area contributed by atoms with E-state index in [1.54, 1.807) is 56.8 Å². The van der Waals surface area contributed by atoms with Gasteiger partial charge in [-0.05, 0) is 78.4 Å². The van der Waals surface area contributed by atoms with Crippen molar-refractivity contribution in [3.8, 4) is 17.2 Å². The Labute approximate surface area is 157 Å². The van der Waals surface area contributed by atoms with Gasteiger partial charge in [-0.2, -0.15) is 0 Å². The minimum Gasteiger partial charge on any atom is -0.497 e. The maximum absolute atomic E-state index is 12.2. The third kappa shape index (κ3) is 4.95. The molecular formula is C22H19NO4. The van der Waals surface area contributed by atoms with Gasteiger partial charge in [-0.1, -0.05) is 0 Å². The molecule has 0 amide bonds. The standard InChI is InChI=1S/C22H19NO4/c1-25-19-11-5-17(6-12-19)22(24)27-21-9-3-16(4-10-21)15-23-18-7-13-20(26-2)14-8-18/h3-15H,1-2H3. The summed E-state index contributed by atoms with van der Waals surface area (Å²) in [6.07, 6.45) is 1.75. The largest absolute Gasteiger partial charge is 0.497 e. The Morgan fingerprint density at radius 1 is 0.741 bits per heavy atom. The Bertz CT molecular complexity index is 914. The van der Waals surface area contributed by atoms with Gasteiger partial charge in [0.1, 0.15) is 17.2 Å². The fraction of sp³-hybridized carbons (Fsp3) is 0.0909. The summed E-state index contributed by atoms with van der Waals surface area (Å²) >= 11 is 0. The highest BCUT2D eigenvalue weighted by Gasteiger charge is 2.08. The Morgan fingerprint density at radius 3 is 1.81 bits per heavy atom. The van der Waals surface area contributed by atoms with Crippen LogP contribution in [0.5, 0.6) is 17.2 Å². The normalized spacial score (nSPS) is 10.6. The number of ether oxygens (including phenoxy) is 3. The van der Waals surface area contributed by atoms with E-state index in [0.717, 1.165) is 17.0 Å². The summed E-state index contributed by atoms with van der Waals surface area (Å²) in [6.45, 7) is 0. The minimum atomic E-state index is -0.419. The van der Waals surface area contributed by atoms with Crippen LogP contribution in [0, 0.1) is 0 Å². The lowest BCUT2D eigenvalue weighted by molar-refractivity contribution is 0.0734. The van der Waals surface area contributed by atoms with E-state index in [9.17, 15) is 4.79 Å². The molecule has 0 saturated heterocycles. The molecule has 0 aliphatic rings. The van der Waals surface area contributed by atoms with E-state index >= 15 is 0 Å². The van der Waals surface area contributed by atoms with Gasteiger partial charge in [0.2, 0.25) is 0 Å². The molecule has 0 heterocycles. The molecule has 3 aromatic rings. The van der Waals surface area contributed by atoms with Crippen molar-refractivity contribution in [2.24, 2.45) is 4.99 Å². The molecule has 0 radical (unpaired) electrons. The lowest BCUT2D eigenvalue weighted by Gasteiger charge is -2.05. The van der Waals surface area contributed by atoms with Crippen molar-refractivity contribution in [1.29, 1.82) is 0 Å². The summed E-state index contributed by atoms with van der Waals surface area (Å²) in [5.74, 6) is 1.53.